The second-order valence-electron chi connectivity index (χ2n) is 21.4. The smallest absolute Gasteiger partial charge is 0.407 e. The third-order valence-corrected chi connectivity index (χ3v) is 15.3. The summed E-state index contributed by atoms with van der Waals surface area (Å²) in [4.78, 5) is 62.6. The van der Waals surface area contributed by atoms with Crippen LogP contribution in [-0.4, -0.2) is 142 Å². The monoisotopic (exact) mass is 1150 g/mol. The fourth-order valence-corrected chi connectivity index (χ4v) is 9.97. The predicted octanol–water partition coefficient (Wildman–Crippen LogP) is 7.77. The lowest BCUT2D eigenvalue weighted by molar-refractivity contribution is -0.221. The molecular formula is C54H62F10N10O7. The molecule has 4 aromatic rings. The number of halogens is 10. The summed E-state index contributed by atoms with van der Waals surface area (Å²) in [6.45, 7) is -1.32. The van der Waals surface area contributed by atoms with Crippen LogP contribution < -0.4 is 26.3 Å². The number of ether oxygens (including phenoxy) is 2. The van der Waals surface area contributed by atoms with E-state index in [-0.39, 0.29) is 21.5 Å². The van der Waals surface area contributed by atoms with E-state index in [0.29, 0.717) is 74.1 Å². The number of alkyl halides is 8. The Kier molecular flexibility index (Phi) is 18.9. The van der Waals surface area contributed by atoms with Crippen molar-refractivity contribution in [2.75, 3.05) is 38.8 Å². The van der Waals surface area contributed by atoms with E-state index in [0.717, 1.165) is 58.2 Å². The average Bonchev–Trinajstić information content (AvgIpc) is 3.98. The molecule has 0 spiro atoms. The summed E-state index contributed by atoms with van der Waals surface area (Å²) in [6, 6.07) is 7.10. The number of amides is 4. The van der Waals surface area contributed by atoms with Crippen LogP contribution in [0.1, 0.15) is 88.6 Å². The zero-order valence-corrected chi connectivity index (χ0v) is 44.9. The number of carbonyl (C=O) groups excluding carboxylic acids is 4. The number of aliphatic hydroxyl groups is 1. The average molecular weight is 1150 g/mol. The van der Waals surface area contributed by atoms with Gasteiger partial charge in [0.25, 0.3) is 5.91 Å². The minimum Gasteiger partial charge on any atom is -0.453 e. The second kappa shape index (κ2) is 24.9. The molecular weight excluding hydrogens is 1090 g/mol. The van der Waals surface area contributed by atoms with Crippen molar-refractivity contribution in [1.29, 1.82) is 0 Å². The summed E-state index contributed by atoms with van der Waals surface area (Å²) in [5.41, 5.74) is -4.36. The Morgan fingerprint density at radius 2 is 1.30 bits per heavy atom. The van der Waals surface area contributed by atoms with Crippen molar-refractivity contribution < 1.29 is 77.7 Å². The van der Waals surface area contributed by atoms with Crippen molar-refractivity contribution in [3.05, 3.63) is 101 Å². The molecule has 2 unspecified atom stereocenters. The second-order valence-corrected chi connectivity index (χ2v) is 21.4. The van der Waals surface area contributed by atoms with Gasteiger partial charge in [-0.15, -0.1) is 0 Å². The van der Waals surface area contributed by atoms with Crippen molar-refractivity contribution >= 4 is 29.8 Å². The first-order valence-corrected chi connectivity index (χ1v) is 25.8. The number of hydrogen-bond acceptors (Lipinski definition) is 12. The molecule has 0 radical (unpaired) electrons. The zero-order valence-electron chi connectivity index (χ0n) is 44.9. The first-order chi connectivity index (χ1) is 38.0. The number of anilines is 1. The Morgan fingerprint density at radius 3 is 1.78 bits per heavy atom. The Bertz CT molecular complexity index is 2910. The number of nitrogens with one attached hydrogen (secondary N) is 4. The fourth-order valence-electron chi connectivity index (χ4n) is 9.97. The molecule has 7 rings (SSSR count). The molecule has 17 nitrogen and oxygen atoms in total. The topological polar surface area (TPSA) is 196 Å². The van der Waals surface area contributed by atoms with E-state index in [2.05, 4.69) is 41.5 Å². The Labute approximate surface area is 460 Å². The first-order valence-electron chi connectivity index (χ1n) is 25.8. The quantitative estimate of drug-likeness (QED) is 0.0348. The summed E-state index contributed by atoms with van der Waals surface area (Å²) < 4.78 is 155. The van der Waals surface area contributed by atoms with E-state index >= 15 is 8.78 Å². The van der Waals surface area contributed by atoms with Crippen LogP contribution in [0.15, 0.2) is 67.0 Å². The predicted molar refractivity (Wildman–Crippen MR) is 273 cm³/mol. The van der Waals surface area contributed by atoms with Crippen LogP contribution in [0.25, 0.3) is 11.3 Å². The summed E-state index contributed by atoms with van der Waals surface area (Å²) in [7, 11) is 1.61. The van der Waals surface area contributed by atoms with Crippen molar-refractivity contribution in [3.8, 4) is 23.1 Å². The molecule has 2 aromatic heterocycles. The molecule has 81 heavy (non-hydrogen) atoms. The Hall–Kier alpha value is -7.18. The van der Waals surface area contributed by atoms with Gasteiger partial charge in [-0.25, -0.2) is 33.0 Å². The molecule has 4 heterocycles. The molecule has 6 atom stereocenters. The molecule has 3 fully saturated rings. The van der Waals surface area contributed by atoms with Gasteiger partial charge in [-0.1, -0.05) is 30.4 Å². The van der Waals surface area contributed by atoms with Crippen LogP contribution in [0.2, 0.25) is 0 Å². The van der Waals surface area contributed by atoms with Gasteiger partial charge in [0.05, 0.1) is 42.9 Å². The van der Waals surface area contributed by atoms with Gasteiger partial charge in [0.2, 0.25) is 5.91 Å². The van der Waals surface area contributed by atoms with Crippen molar-refractivity contribution in [1.82, 2.24) is 46.0 Å². The standard InChI is InChI=1S/C54H62F10N10O7/c1-51(2,53(59,60)61)44(67-49(78)80-5)46(76)66-41(22-31-13-10-30(11-14-31)12-15-32-16-19-43(65-25-32)71-26-35-17-18-36(27-71)74(35)34-8-7-9-34)42(75)29-72(70-47(77)45(68-50(79)81-6)52(3,4)54(62,63)64)28-37-38(55)23-33(24-39(37)56)40-20-21-73(69-40)48(57)58/h10-11,13-14,16,19-21,23-25,34-36,41-42,44-45,48,75H,7-9,17-18,22,26-29H2,1-6H3,(H,66,76)(H,67,78)(H,68,79)(H,70,77)/t35?,36?,41-,42-,44+,45+/m0/s1. The lowest BCUT2D eigenvalue weighted by atomic mass is 9.82. The molecule has 440 valence electrons. The van der Waals surface area contributed by atoms with E-state index in [1.54, 1.807) is 23.6 Å². The number of hydrogen-bond donors (Lipinski definition) is 5. The number of piperazine rings is 1. The number of aliphatic hydroxyl groups excluding tert-OH is 1. The van der Waals surface area contributed by atoms with Gasteiger partial charge >= 0.3 is 31.1 Å². The molecule has 5 N–H and O–H groups in total. The van der Waals surface area contributed by atoms with E-state index in [9.17, 15) is 59.4 Å². The fraction of sp³-hybridized carbons (Fsp3) is 0.519. The molecule has 2 aromatic carbocycles. The van der Waals surface area contributed by atoms with E-state index < -0.39 is 115 Å². The molecule has 1 aliphatic carbocycles. The third kappa shape index (κ3) is 14.3. The van der Waals surface area contributed by atoms with Crippen molar-refractivity contribution in [2.24, 2.45) is 10.8 Å². The number of hydrazine groups is 1. The summed E-state index contributed by atoms with van der Waals surface area (Å²) in [6.07, 6.45) is -7.41. The van der Waals surface area contributed by atoms with Crippen LogP contribution in [0.4, 0.5) is 59.3 Å². The third-order valence-electron chi connectivity index (χ3n) is 15.3. The first kappa shape index (κ1) is 61.4. The van der Waals surface area contributed by atoms with Gasteiger partial charge in [-0.05, 0) is 108 Å². The molecule has 2 aliphatic heterocycles. The molecule has 2 bridgehead atoms. The molecule has 4 amide bonds. The molecule has 27 heteroatoms. The summed E-state index contributed by atoms with van der Waals surface area (Å²) >= 11 is 0. The van der Waals surface area contributed by atoms with Gasteiger partial charge in [0.1, 0.15) is 29.5 Å². The number of nitrogens with zero attached hydrogens (tertiary/aromatic N) is 6. The number of rotatable bonds is 19. The van der Waals surface area contributed by atoms with Crippen molar-refractivity contribution in [3.63, 3.8) is 0 Å². The number of aromatic nitrogens is 3. The van der Waals surface area contributed by atoms with Crippen LogP contribution >= 0.6 is 0 Å². The molecule has 2 saturated heterocycles. The van der Waals surface area contributed by atoms with E-state index in [1.807, 2.05) is 22.9 Å². The van der Waals surface area contributed by atoms with Crippen LogP contribution in [-0.2, 0) is 32.0 Å². The molecule has 1 saturated carbocycles. The largest absolute Gasteiger partial charge is 0.453 e. The molecule has 3 aliphatic rings. The number of carbonyl (C=O) groups is 4. The minimum absolute atomic E-state index is 0.201. The van der Waals surface area contributed by atoms with Crippen LogP contribution in [0.5, 0.6) is 0 Å². The van der Waals surface area contributed by atoms with Crippen molar-refractivity contribution in [2.45, 2.75) is 134 Å². The van der Waals surface area contributed by atoms with Gasteiger partial charge in [-0.2, -0.15) is 40.2 Å². The zero-order chi connectivity index (χ0) is 59.4. The maximum absolute atomic E-state index is 16.0. The maximum Gasteiger partial charge on any atom is 0.407 e. The number of benzene rings is 2. The number of alkyl carbamates (subject to hydrolysis) is 2. The lowest BCUT2D eigenvalue weighted by Crippen LogP contribution is -2.63. The minimum atomic E-state index is -5.23. The normalized spacial score (nSPS) is 18.5. The van der Waals surface area contributed by atoms with E-state index in [4.69, 9.17) is 4.98 Å². The number of methoxy groups -OCH3 is 2. The highest BCUT2D eigenvalue weighted by Gasteiger charge is 2.57. The van der Waals surface area contributed by atoms with Gasteiger partial charge in [0, 0.05) is 79.0 Å². The SMILES string of the molecule is COC(=O)N[C@H](C(=O)N[C@@H](Cc1ccc(C#Cc2ccc(N3CC4CCC(C3)N4C3CCC3)nc2)cc1)[C@@H](O)CN(Cc1c(F)cc(-c2ccn(C(F)F)n2)cc1F)NC(=O)[C@@H](NC(=O)OC)C(C)(C)C(F)(F)F)C(C)(C)C(F)(F)F. The summed E-state index contributed by atoms with van der Waals surface area (Å²) in [5.74, 6) is 0.857. The Morgan fingerprint density at radius 1 is 0.753 bits per heavy atom. The van der Waals surface area contributed by atoms with Gasteiger partial charge in [0.15, 0.2) is 0 Å². The van der Waals surface area contributed by atoms with Crippen LogP contribution in [0, 0.1) is 34.3 Å². The lowest BCUT2D eigenvalue weighted by Gasteiger charge is -2.48. The highest BCUT2D eigenvalue weighted by molar-refractivity contribution is 5.87. The highest BCUT2D eigenvalue weighted by atomic mass is 19.4. The highest BCUT2D eigenvalue weighted by Crippen LogP contribution is 2.43. The van der Waals surface area contributed by atoms with Gasteiger partial charge in [-0.3, -0.25) is 19.9 Å². The Balaban J connectivity index is 1.18. The summed E-state index contributed by atoms with van der Waals surface area (Å²) in [5, 5.41) is 22.1. The number of fused-ring (bicyclic) bond motifs is 2. The van der Waals surface area contributed by atoms with Crippen LogP contribution in [0.3, 0.4) is 0 Å². The van der Waals surface area contributed by atoms with E-state index in [1.165, 1.54) is 31.4 Å². The maximum atomic E-state index is 16.0. The van der Waals surface area contributed by atoms with Gasteiger partial charge < -0.3 is 35.4 Å². The number of pyridine rings is 1.